The molecule has 112 valence electrons. The minimum Gasteiger partial charge on any atom is -0.345 e. The maximum Gasteiger partial charge on any atom is 0.222 e. The summed E-state index contributed by atoms with van der Waals surface area (Å²) in [6.45, 7) is 3.05. The molecule has 1 aromatic carbocycles. The van der Waals surface area contributed by atoms with Crippen LogP contribution in [0.25, 0.3) is 0 Å². The first kappa shape index (κ1) is 16.7. The summed E-state index contributed by atoms with van der Waals surface area (Å²) in [5.74, 6) is 0.288. The van der Waals surface area contributed by atoms with Gasteiger partial charge in [-0.2, -0.15) is 0 Å². The van der Waals surface area contributed by atoms with Crippen LogP contribution in [0.2, 0.25) is 0 Å². The number of unbranched alkanes of at least 4 members (excludes halogenated alkanes) is 5. The van der Waals surface area contributed by atoms with E-state index in [-0.39, 0.29) is 5.91 Å². The minimum atomic E-state index is 0.288. The average molecular weight is 275 g/mol. The second kappa shape index (κ2) is 10.5. The smallest absolute Gasteiger partial charge is 0.222 e. The third kappa shape index (κ3) is 7.32. The predicted molar refractivity (Wildman–Crippen MR) is 85.8 cm³/mol. The number of amides is 1. The van der Waals surface area contributed by atoms with E-state index in [9.17, 15) is 4.79 Å². The molecule has 1 rings (SSSR count). The van der Waals surface area contributed by atoms with Crippen molar-refractivity contribution in [3.63, 3.8) is 0 Å². The Morgan fingerprint density at radius 1 is 1.00 bits per heavy atom. The van der Waals surface area contributed by atoms with Crippen molar-refractivity contribution in [1.82, 2.24) is 4.90 Å². The van der Waals surface area contributed by atoms with Crippen LogP contribution in [0.4, 0.5) is 0 Å². The fourth-order valence-electron chi connectivity index (χ4n) is 2.31. The van der Waals surface area contributed by atoms with E-state index >= 15 is 0 Å². The Kier molecular flexibility index (Phi) is 8.77. The molecule has 0 fully saturated rings. The first-order valence-electron chi connectivity index (χ1n) is 8.02. The van der Waals surface area contributed by atoms with Crippen LogP contribution >= 0.6 is 0 Å². The van der Waals surface area contributed by atoms with Crippen LogP contribution in [0.5, 0.6) is 0 Å². The van der Waals surface area contributed by atoms with Crippen molar-refractivity contribution in [2.24, 2.45) is 0 Å². The van der Waals surface area contributed by atoms with Crippen LogP contribution in [-0.2, 0) is 11.2 Å². The van der Waals surface area contributed by atoms with E-state index < -0.39 is 0 Å². The van der Waals surface area contributed by atoms with E-state index in [0.717, 1.165) is 19.4 Å². The molecule has 2 nitrogen and oxygen atoms in total. The Bertz CT molecular complexity index is 361. The summed E-state index contributed by atoms with van der Waals surface area (Å²) < 4.78 is 0. The van der Waals surface area contributed by atoms with Crippen LogP contribution in [0.1, 0.15) is 57.4 Å². The lowest BCUT2D eigenvalue weighted by Gasteiger charge is -2.17. The predicted octanol–water partition coefficient (Wildman–Crippen LogP) is 4.44. The van der Waals surface area contributed by atoms with Gasteiger partial charge in [0.25, 0.3) is 0 Å². The number of nitrogens with zero attached hydrogens (tertiary/aromatic N) is 1. The van der Waals surface area contributed by atoms with Gasteiger partial charge in [0.2, 0.25) is 5.91 Å². The highest BCUT2D eigenvalue weighted by Gasteiger charge is 2.07. The molecule has 0 aliphatic carbocycles. The monoisotopic (exact) mass is 275 g/mol. The van der Waals surface area contributed by atoms with Crippen LogP contribution in [0.3, 0.4) is 0 Å². The van der Waals surface area contributed by atoms with Gasteiger partial charge in [-0.1, -0.05) is 69.4 Å². The first-order valence-corrected chi connectivity index (χ1v) is 8.02. The van der Waals surface area contributed by atoms with Gasteiger partial charge in [0, 0.05) is 20.0 Å². The Morgan fingerprint density at radius 2 is 1.65 bits per heavy atom. The van der Waals surface area contributed by atoms with Gasteiger partial charge in [-0.3, -0.25) is 4.79 Å². The van der Waals surface area contributed by atoms with Crippen molar-refractivity contribution < 1.29 is 4.79 Å². The largest absolute Gasteiger partial charge is 0.345 e. The molecule has 1 aromatic rings. The van der Waals surface area contributed by atoms with E-state index in [1.54, 1.807) is 0 Å². The molecule has 0 radical (unpaired) electrons. The molecule has 0 N–H and O–H groups in total. The van der Waals surface area contributed by atoms with E-state index in [2.05, 4.69) is 19.1 Å². The van der Waals surface area contributed by atoms with Crippen molar-refractivity contribution >= 4 is 5.91 Å². The van der Waals surface area contributed by atoms with Gasteiger partial charge in [-0.25, -0.2) is 0 Å². The number of carbonyl (C=O) groups excluding carboxylic acids is 1. The van der Waals surface area contributed by atoms with Gasteiger partial charge in [-0.05, 0) is 18.4 Å². The van der Waals surface area contributed by atoms with Crippen LogP contribution in [0.15, 0.2) is 30.3 Å². The maximum absolute atomic E-state index is 12.0. The molecule has 0 aliphatic heterocycles. The fourth-order valence-corrected chi connectivity index (χ4v) is 2.31. The summed E-state index contributed by atoms with van der Waals surface area (Å²) in [5.41, 5.74) is 1.30. The SMILES string of the molecule is CCCCCCCCC(=O)N(C)CCc1ccccc1. The standard InChI is InChI=1S/C18H29NO/c1-3-4-5-6-7-11-14-18(20)19(2)16-15-17-12-9-8-10-13-17/h8-10,12-13H,3-7,11,14-16H2,1-2H3. The second-order valence-electron chi connectivity index (χ2n) is 5.57. The summed E-state index contributed by atoms with van der Waals surface area (Å²) in [5, 5.41) is 0. The van der Waals surface area contributed by atoms with E-state index in [1.807, 2.05) is 30.1 Å². The van der Waals surface area contributed by atoms with Gasteiger partial charge in [0.15, 0.2) is 0 Å². The topological polar surface area (TPSA) is 20.3 Å². The Labute approximate surface area is 124 Å². The van der Waals surface area contributed by atoms with Gasteiger partial charge in [-0.15, -0.1) is 0 Å². The molecule has 0 unspecified atom stereocenters. The highest BCUT2D eigenvalue weighted by molar-refractivity contribution is 5.75. The molecule has 0 spiro atoms. The lowest BCUT2D eigenvalue weighted by Crippen LogP contribution is -2.28. The third-order valence-electron chi connectivity index (χ3n) is 3.75. The molecule has 0 bridgehead atoms. The summed E-state index contributed by atoms with van der Waals surface area (Å²) in [4.78, 5) is 13.9. The van der Waals surface area contributed by atoms with E-state index in [1.165, 1.54) is 37.7 Å². The molecular weight excluding hydrogens is 246 g/mol. The lowest BCUT2D eigenvalue weighted by atomic mass is 10.1. The normalized spacial score (nSPS) is 10.5. The molecule has 20 heavy (non-hydrogen) atoms. The quantitative estimate of drug-likeness (QED) is 0.578. The lowest BCUT2D eigenvalue weighted by molar-refractivity contribution is -0.130. The number of benzene rings is 1. The zero-order valence-corrected chi connectivity index (χ0v) is 13.1. The van der Waals surface area contributed by atoms with Crippen molar-refractivity contribution in [2.45, 2.75) is 58.3 Å². The first-order chi connectivity index (χ1) is 9.74. The highest BCUT2D eigenvalue weighted by Crippen LogP contribution is 2.08. The minimum absolute atomic E-state index is 0.288. The Balaban J connectivity index is 2.10. The molecule has 0 saturated carbocycles. The molecular formula is C18H29NO. The van der Waals surface area contributed by atoms with Crippen molar-refractivity contribution in [2.75, 3.05) is 13.6 Å². The summed E-state index contributed by atoms with van der Waals surface area (Å²) in [7, 11) is 1.92. The molecule has 0 aliphatic rings. The summed E-state index contributed by atoms with van der Waals surface area (Å²) in [6.07, 6.45) is 9.07. The zero-order valence-electron chi connectivity index (χ0n) is 13.1. The highest BCUT2D eigenvalue weighted by atomic mass is 16.2. The Morgan fingerprint density at radius 3 is 2.35 bits per heavy atom. The summed E-state index contributed by atoms with van der Waals surface area (Å²) in [6, 6.07) is 10.4. The number of rotatable bonds is 10. The van der Waals surface area contributed by atoms with Crippen molar-refractivity contribution in [1.29, 1.82) is 0 Å². The summed E-state index contributed by atoms with van der Waals surface area (Å²) >= 11 is 0. The maximum atomic E-state index is 12.0. The van der Waals surface area contributed by atoms with E-state index in [0.29, 0.717) is 6.42 Å². The Hall–Kier alpha value is -1.31. The van der Waals surface area contributed by atoms with Crippen LogP contribution in [-0.4, -0.2) is 24.4 Å². The molecule has 0 heterocycles. The van der Waals surface area contributed by atoms with E-state index in [4.69, 9.17) is 0 Å². The average Bonchev–Trinajstić information content (AvgIpc) is 2.49. The number of hydrogen-bond donors (Lipinski definition) is 0. The molecule has 0 aromatic heterocycles. The fraction of sp³-hybridized carbons (Fsp3) is 0.611. The van der Waals surface area contributed by atoms with Gasteiger partial charge in [0.1, 0.15) is 0 Å². The second-order valence-corrected chi connectivity index (χ2v) is 5.57. The molecule has 0 saturated heterocycles. The molecule has 0 atom stereocenters. The number of hydrogen-bond acceptors (Lipinski definition) is 1. The zero-order chi connectivity index (χ0) is 14.6. The van der Waals surface area contributed by atoms with Crippen LogP contribution < -0.4 is 0 Å². The number of carbonyl (C=O) groups is 1. The van der Waals surface area contributed by atoms with Gasteiger partial charge < -0.3 is 4.90 Å². The van der Waals surface area contributed by atoms with Gasteiger partial charge >= 0.3 is 0 Å². The van der Waals surface area contributed by atoms with Crippen molar-refractivity contribution in [3.8, 4) is 0 Å². The number of likely N-dealkylation sites (N-methyl/N-ethyl adjacent to an activating group) is 1. The van der Waals surface area contributed by atoms with Crippen molar-refractivity contribution in [3.05, 3.63) is 35.9 Å². The van der Waals surface area contributed by atoms with Gasteiger partial charge in [0.05, 0.1) is 0 Å². The third-order valence-corrected chi connectivity index (χ3v) is 3.75. The van der Waals surface area contributed by atoms with Crippen LogP contribution in [0, 0.1) is 0 Å². The molecule has 1 amide bonds. The molecule has 2 heteroatoms.